The Bertz CT molecular complexity index is 1140. The molecule has 1 spiro atoms. The molecular weight excluding hydrogens is 407 g/mol. The standard InChI is InChI=1S/C25H27FN4O2/c1-32-21-9-4-6-18(23(21)26)17-30-13-5-10-25(24(30)31)11-14-29(15-12-25)22-16-27-19-7-2-3-8-20(19)28-22/h2-4,6-9,16H,5,10-15,17H2,1H3. The number of anilines is 1. The number of halogens is 1. The molecule has 2 aliphatic heterocycles. The lowest BCUT2D eigenvalue weighted by atomic mass is 9.71. The Balaban J connectivity index is 1.30. The number of aromatic nitrogens is 2. The van der Waals surface area contributed by atoms with E-state index in [0.717, 1.165) is 55.6 Å². The van der Waals surface area contributed by atoms with E-state index < -0.39 is 0 Å². The number of ether oxygens (including phenoxy) is 1. The van der Waals surface area contributed by atoms with Crippen LogP contribution in [0.15, 0.2) is 48.7 Å². The van der Waals surface area contributed by atoms with E-state index in [2.05, 4.69) is 9.88 Å². The molecule has 6 nitrogen and oxygen atoms in total. The SMILES string of the molecule is COc1cccc(CN2CCCC3(CCN(c4cnc5ccccc5n4)CC3)C2=O)c1F. The summed E-state index contributed by atoms with van der Waals surface area (Å²) in [7, 11) is 1.46. The quantitative estimate of drug-likeness (QED) is 0.616. The summed E-state index contributed by atoms with van der Waals surface area (Å²) in [5.74, 6) is 0.839. The monoisotopic (exact) mass is 434 g/mol. The second-order valence-corrected chi connectivity index (χ2v) is 8.75. The summed E-state index contributed by atoms with van der Waals surface area (Å²) in [6.07, 6.45) is 5.20. The molecule has 1 aromatic heterocycles. The first-order chi connectivity index (χ1) is 15.6. The second kappa shape index (κ2) is 8.37. The summed E-state index contributed by atoms with van der Waals surface area (Å²) in [4.78, 5) is 26.9. The third kappa shape index (κ3) is 3.66. The van der Waals surface area contributed by atoms with E-state index in [1.807, 2.05) is 35.4 Å². The number of nitrogens with zero attached hydrogens (tertiary/aromatic N) is 4. The number of rotatable bonds is 4. The van der Waals surface area contributed by atoms with Gasteiger partial charge in [-0.1, -0.05) is 24.3 Å². The molecule has 0 bridgehead atoms. The van der Waals surface area contributed by atoms with Crippen molar-refractivity contribution < 1.29 is 13.9 Å². The number of carbonyl (C=O) groups is 1. The van der Waals surface area contributed by atoms with E-state index in [1.165, 1.54) is 7.11 Å². The summed E-state index contributed by atoms with van der Waals surface area (Å²) < 4.78 is 19.8. The van der Waals surface area contributed by atoms with Crippen molar-refractivity contribution in [2.75, 3.05) is 31.6 Å². The molecular formula is C25H27FN4O2. The summed E-state index contributed by atoms with van der Waals surface area (Å²) >= 11 is 0. The van der Waals surface area contributed by atoms with Crippen molar-refractivity contribution in [1.82, 2.24) is 14.9 Å². The van der Waals surface area contributed by atoms with Crippen LogP contribution in [0.3, 0.4) is 0 Å². The summed E-state index contributed by atoms with van der Waals surface area (Å²) in [5.41, 5.74) is 1.89. The highest BCUT2D eigenvalue weighted by atomic mass is 19.1. The van der Waals surface area contributed by atoms with Crippen molar-refractivity contribution in [3.05, 3.63) is 60.0 Å². The predicted molar refractivity (Wildman–Crippen MR) is 121 cm³/mol. The molecule has 2 aromatic carbocycles. The molecule has 3 aromatic rings. The molecule has 0 saturated carbocycles. The lowest BCUT2D eigenvalue weighted by molar-refractivity contribution is -0.148. The van der Waals surface area contributed by atoms with E-state index in [-0.39, 0.29) is 29.4 Å². The third-order valence-corrected chi connectivity index (χ3v) is 6.93. The molecule has 32 heavy (non-hydrogen) atoms. The highest BCUT2D eigenvalue weighted by Gasteiger charge is 2.45. The van der Waals surface area contributed by atoms with Crippen molar-refractivity contribution >= 4 is 22.8 Å². The Morgan fingerprint density at radius 3 is 2.59 bits per heavy atom. The van der Waals surface area contributed by atoms with Gasteiger partial charge in [0.2, 0.25) is 5.91 Å². The number of methoxy groups -OCH3 is 1. The van der Waals surface area contributed by atoms with Crippen LogP contribution in [0, 0.1) is 11.2 Å². The number of amides is 1. The Hall–Kier alpha value is -3.22. The van der Waals surface area contributed by atoms with Crippen LogP contribution >= 0.6 is 0 Å². The van der Waals surface area contributed by atoms with Crippen LogP contribution in [-0.4, -0.2) is 47.5 Å². The van der Waals surface area contributed by atoms with Gasteiger partial charge in [0.05, 0.1) is 29.8 Å². The number of hydrogen-bond donors (Lipinski definition) is 0. The van der Waals surface area contributed by atoms with Crippen molar-refractivity contribution in [3.63, 3.8) is 0 Å². The molecule has 3 heterocycles. The molecule has 0 atom stereocenters. The van der Waals surface area contributed by atoms with Gasteiger partial charge in [-0.15, -0.1) is 0 Å². The van der Waals surface area contributed by atoms with E-state index in [1.54, 1.807) is 18.2 Å². The molecule has 7 heteroatoms. The van der Waals surface area contributed by atoms with Crippen molar-refractivity contribution in [2.45, 2.75) is 32.2 Å². The first-order valence-electron chi connectivity index (χ1n) is 11.2. The number of hydrogen-bond acceptors (Lipinski definition) is 5. The molecule has 2 fully saturated rings. The number of carbonyl (C=O) groups excluding carboxylic acids is 1. The number of piperidine rings is 2. The highest BCUT2D eigenvalue weighted by Crippen LogP contribution is 2.42. The Labute approximate surface area is 187 Å². The van der Waals surface area contributed by atoms with Gasteiger partial charge >= 0.3 is 0 Å². The van der Waals surface area contributed by atoms with Gasteiger partial charge in [-0.25, -0.2) is 9.37 Å². The van der Waals surface area contributed by atoms with Gasteiger partial charge in [-0.2, -0.15) is 0 Å². The largest absolute Gasteiger partial charge is 0.494 e. The van der Waals surface area contributed by atoms with Gasteiger partial charge in [-0.3, -0.25) is 9.78 Å². The van der Waals surface area contributed by atoms with E-state index in [9.17, 15) is 9.18 Å². The molecule has 166 valence electrons. The molecule has 0 N–H and O–H groups in total. The van der Waals surface area contributed by atoms with Crippen LogP contribution in [0.4, 0.5) is 10.2 Å². The van der Waals surface area contributed by atoms with Crippen molar-refractivity contribution in [2.24, 2.45) is 5.41 Å². The molecule has 2 saturated heterocycles. The topological polar surface area (TPSA) is 58.6 Å². The highest BCUT2D eigenvalue weighted by molar-refractivity contribution is 5.84. The van der Waals surface area contributed by atoms with Gasteiger partial charge in [-0.05, 0) is 43.9 Å². The second-order valence-electron chi connectivity index (χ2n) is 8.75. The molecule has 2 aliphatic rings. The van der Waals surface area contributed by atoms with Gasteiger partial charge in [0.15, 0.2) is 11.6 Å². The van der Waals surface area contributed by atoms with Crippen LogP contribution in [0.1, 0.15) is 31.2 Å². The average molecular weight is 435 g/mol. The fourth-order valence-corrected chi connectivity index (χ4v) is 5.07. The summed E-state index contributed by atoms with van der Waals surface area (Å²) in [5, 5.41) is 0. The maximum Gasteiger partial charge on any atom is 0.229 e. The molecule has 0 aliphatic carbocycles. The average Bonchev–Trinajstić information content (AvgIpc) is 2.83. The summed E-state index contributed by atoms with van der Waals surface area (Å²) in [6, 6.07) is 12.9. The van der Waals surface area contributed by atoms with Crippen LogP contribution in [-0.2, 0) is 11.3 Å². The minimum Gasteiger partial charge on any atom is -0.494 e. The van der Waals surface area contributed by atoms with Gasteiger partial charge in [0, 0.05) is 31.7 Å². The van der Waals surface area contributed by atoms with Crippen LogP contribution in [0.2, 0.25) is 0 Å². The first kappa shape index (κ1) is 20.7. The first-order valence-corrected chi connectivity index (χ1v) is 11.2. The van der Waals surface area contributed by atoms with Crippen LogP contribution in [0.5, 0.6) is 5.75 Å². The van der Waals surface area contributed by atoms with Crippen LogP contribution in [0.25, 0.3) is 11.0 Å². The maximum absolute atomic E-state index is 14.7. The van der Waals surface area contributed by atoms with Gasteiger partial charge < -0.3 is 14.5 Å². The molecule has 1 amide bonds. The number of benzene rings is 2. The van der Waals surface area contributed by atoms with Gasteiger partial charge in [0.25, 0.3) is 0 Å². The fraction of sp³-hybridized carbons (Fsp3) is 0.400. The number of fused-ring (bicyclic) bond motifs is 1. The lowest BCUT2D eigenvalue weighted by Crippen LogP contribution is -2.53. The minimum atomic E-state index is -0.382. The molecule has 0 unspecified atom stereocenters. The summed E-state index contributed by atoms with van der Waals surface area (Å²) in [6.45, 7) is 2.47. The Morgan fingerprint density at radius 1 is 1.03 bits per heavy atom. The number of para-hydroxylation sites is 2. The minimum absolute atomic E-state index is 0.148. The van der Waals surface area contributed by atoms with E-state index in [0.29, 0.717) is 12.1 Å². The van der Waals surface area contributed by atoms with Crippen LogP contribution < -0.4 is 9.64 Å². The van der Waals surface area contributed by atoms with E-state index >= 15 is 0 Å². The molecule has 0 radical (unpaired) electrons. The zero-order valence-corrected chi connectivity index (χ0v) is 18.3. The zero-order chi connectivity index (χ0) is 22.1. The normalized spacial score (nSPS) is 18.4. The predicted octanol–water partition coefficient (Wildman–Crippen LogP) is 4.19. The third-order valence-electron chi connectivity index (χ3n) is 6.93. The Morgan fingerprint density at radius 2 is 1.81 bits per heavy atom. The lowest BCUT2D eigenvalue weighted by Gasteiger charge is -2.46. The van der Waals surface area contributed by atoms with Crippen molar-refractivity contribution in [1.29, 1.82) is 0 Å². The van der Waals surface area contributed by atoms with Crippen molar-refractivity contribution in [3.8, 4) is 5.75 Å². The Kier molecular flexibility index (Phi) is 5.41. The zero-order valence-electron chi connectivity index (χ0n) is 18.3. The van der Waals surface area contributed by atoms with Gasteiger partial charge in [0.1, 0.15) is 5.82 Å². The molecule has 5 rings (SSSR count). The fourth-order valence-electron chi connectivity index (χ4n) is 5.07. The number of likely N-dealkylation sites (tertiary alicyclic amines) is 1. The van der Waals surface area contributed by atoms with E-state index in [4.69, 9.17) is 9.72 Å². The maximum atomic E-state index is 14.7. The smallest absolute Gasteiger partial charge is 0.229 e.